The lowest BCUT2D eigenvalue weighted by Gasteiger charge is -2.18. The van der Waals surface area contributed by atoms with Gasteiger partial charge >= 0.3 is 0 Å². The van der Waals surface area contributed by atoms with Gasteiger partial charge in [-0.2, -0.15) is 5.10 Å². The van der Waals surface area contributed by atoms with Crippen molar-refractivity contribution in [3.05, 3.63) is 78.1 Å². The summed E-state index contributed by atoms with van der Waals surface area (Å²) < 4.78 is 1.91. The molecule has 3 aromatic rings. The van der Waals surface area contributed by atoms with Crippen molar-refractivity contribution in [1.29, 1.82) is 0 Å². The molecule has 0 amide bonds. The fourth-order valence-corrected chi connectivity index (χ4v) is 3.10. The minimum atomic E-state index is 0.387. The van der Waals surface area contributed by atoms with Crippen LogP contribution in [0.2, 0.25) is 0 Å². The number of hydrogen-bond acceptors (Lipinski definition) is 2. The molecule has 0 fully saturated rings. The van der Waals surface area contributed by atoms with Gasteiger partial charge in [-0.05, 0) is 42.2 Å². The molecule has 104 valence electrons. The summed E-state index contributed by atoms with van der Waals surface area (Å²) in [7, 11) is 0. The number of anilines is 1. The van der Waals surface area contributed by atoms with Crippen molar-refractivity contribution < 1.29 is 0 Å². The van der Waals surface area contributed by atoms with Crippen LogP contribution in [0, 0.1) is 0 Å². The summed E-state index contributed by atoms with van der Waals surface area (Å²) in [4.78, 5) is 0. The number of rotatable bonds is 3. The van der Waals surface area contributed by atoms with Crippen LogP contribution in [0.3, 0.4) is 0 Å². The van der Waals surface area contributed by atoms with Gasteiger partial charge in [0.1, 0.15) is 0 Å². The molecule has 4 rings (SSSR count). The maximum atomic E-state index is 4.34. The predicted octanol–water partition coefficient (Wildman–Crippen LogP) is 3.97. The number of nitrogens with one attached hydrogen (secondary N) is 1. The van der Waals surface area contributed by atoms with Crippen molar-refractivity contribution in [2.45, 2.75) is 18.9 Å². The van der Waals surface area contributed by atoms with Crippen molar-refractivity contribution in [3.8, 4) is 5.69 Å². The Hall–Kier alpha value is -2.55. The molecule has 1 aliphatic carbocycles. The molecule has 2 aromatic carbocycles. The molecule has 0 bridgehead atoms. The van der Waals surface area contributed by atoms with E-state index < -0.39 is 0 Å². The van der Waals surface area contributed by atoms with E-state index in [9.17, 15) is 0 Å². The molecule has 1 atom stereocenters. The first-order valence-corrected chi connectivity index (χ1v) is 7.35. The summed E-state index contributed by atoms with van der Waals surface area (Å²) in [5, 5.41) is 8.04. The second-order valence-electron chi connectivity index (χ2n) is 5.40. The van der Waals surface area contributed by atoms with Gasteiger partial charge in [0.2, 0.25) is 0 Å². The van der Waals surface area contributed by atoms with Crippen LogP contribution in [0.25, 0.3) is 5.69 Å². The smallest absolute Gasteiger partial charge is 0.0876 e. The van der Waals surface area contributed by atoms with Crippen LogP contribution in [-0.2, 0) is 6.42 Å². The average Bonchev–Trinajstić information content (AvgIpc) is 3.18. The van der Waals surface area contributed by atoms with Crippen molar-refractivity contribution in [2.24, 2.45) is 0 Å². The average molecular weight is 275 g/mol. The number of para-hydroxylation sites is 2. The molecule has 0 aliphatic heterocycles. The molecule has 0 saturated heterocycles. The van der Waals surface area contributed by atoms with Crippen molar-refractivity contribution in [1.82, 2.24) is 9.78 Å². The van der Waals surface area contributed by atoms with Gasteiger partial charge in [0.15, 0.2) is 0 Å². The van der Waals surface area contributed by atoms with E-state index in [1.54, 1.807) is 0 Å². The third-order valence-corrected chi connectivity index (χ3v) is 4.12. The Balaban J connectivity index is 1.67. The second-order valence-corrected chi connectivity index (χ2v) is 5.40. The Morgan fingerprint density at radius 3 is 2.76 bits per heavy atom. The minimum absolute atomic E-state index is 0.387. The lowest BCUT2D eigenvalue weighted by Crippen LogP contribution is -2.10. The molecule has 3 heteroatoms. The molecule has 1 N–H and O–H groups in total. The first-order chi connectivity index (χ1) is 10.4. The van der Waals surface area contributed by atoms with E-state index in [2.05, 4.69) is 52.9 Å². The van der Waals surface area contributed by atoms with Gasteiger partial charge in [-0.25, -0.2) is 4.68 Å². The quantitative estimate of drug-likeness (QED) is 0.783. The number of nitrogens with zero attached hydrogens (tertiary/aromatic N) is 2. The highest BCUT2D eigenvalue weighted by molar-refractivity contribution is 5.62. The number of hydrogen-bond donors (Lipinski definition) is 1. The van der Waals surface area contributed by atoms with Gasteiger partial charge in [-0.15, -0.1) is 0 Å². The van der Waals surface area contributed by atoms with E-state index in [1.165, 1.54) is 11.1 Å². The van der Waals surface area contributed by atoms with Crippen LogP contribution in [0.15, 0.2) is 67.0 Å². The molecule has 21 heavy (non-hydrogen) atoms. The zero-order valence-corrected chi connectivity index (χ0v) is 11.7. The summed E-state index contributed by atoms with van der Waals surface area (Å²) in [5.41, 5.74) is 5.11. The predicted molar refractivity (Wildman–Crippen MR) is 84.7 cm³/mol. The SMILES string of the molecule is c1ccc2c(c1)CCC2Nc1ccccc1-n1cccn1. The minimum Gasteiger partial charge on any atom is -0.376 e. The van der Waals surface area contributed by atoms with E-state index >= 15 is 0 Å². The van der Waals surface area contributed by atoms with Gasteiger partial charge in [0, 0.05) is 12.4 Å². The van der Waals surface area contributed by atoms with Crippen LogP contribution >= 0.6 is 0 Å². The van der Waals surface area contributed by atoms with E-state index in [-0.39, 0.29) is 0 Å². The molecule has 3 nitrogen and oxygen atoms in total. The fraction of sp³-hybridized carbons (Fsp3) is 0.167. The fourth-order valence-electron chi connectivity index (χ4n) is 3.10. The molecule has 0 radical (unpaired) electrons. The third kappa shape index (κ3) is 2.21. The molecular weight excluding hydrogens is 258 g/mol. The Morgan fingerprint density at radius 1 is 1.00 bits per heavy atom. The normalized spacial score (nSPS) is 16.7. The monoisotopic (exact) mass is 275 g/mol. The Bertz CT molecular complexity index is 747. The van der Waals surface area contributed by atoms with Gasteiger partial charge in [-0.1, -0.05) is 36.4 Å². The zero-order valence-electron chi connectivity index (χ0n) is 11.7. The summed E-state index contributed by atoms with van der Waals surface area (Å²) in [6.07, 6.45) is 6.08. The maximum absolute atomic E-state index is 4.34. The zero-order chi connectivity index (χ0) is 14.1. The van der Waals surface area contributed by atoms with E-state index in [0.717, 1.165) is 24.2 Å². The first kappa shape index (κ1) is 12.2. The van der Waals surface area contributed by atoms with Crippen molar-refractivity contribution in [2.75, 3.05) is 5.32 Å². The van der Waals surface area contributed by atoms with E-state index in [4.69, 9.17) is 0 Å². The van der Waals surface area contributed by atoms with E-state index in [0.29, 0.717) is 6.04 Å². The number of fused-ring (bicyclic) bond motifs is 1. The lowest BCUT2D eigenvalue weighted by atomic mass is 10.1. The summed E-state index contributed by atoms with van der Waals surface area (Å²) in [6.45, 7) is 0. The van der Waals surface area contributed by atoms with Crippen molar-refractivity contribution in [3.63, 3.8) is 0 Å². The maximum Gasteiger partial charge on any atom is 0.0876 e. The number of aromatic nitrogens is 2. The second kappa shape index (κ2) is 5.09. The molecule has 0 saturated carbocycles. The van der Waals surface area contributed by atoms with Crippen LogP contribution in [0.4, 0.5) is 5.69 Å². The highest BCUT2D eigenvalue weighted by Gasteiger charge is 2.22. The highest BCUT2D eigenvalue weighted by atomic mass is 15.3. The topological polar surface area (TPSA) is 29.9 Å². The third-order valence-electron chi connectivity index (χ3n) is 4.12. The van der Waals surface area contributed by atoms with Gasteiger partial charge < -0.3 is 5.32 Å². The standard InChI is InChI=1S/C18H17N3/c1-2-7-15-14(6-1)10-11-16(15)20-17-8-3-4-9-18(17)21-13-5-12-19-21/h1-9,12-13,16,20H,10-11H2. The molecular formula is C18H17N3. The van der Waals surface area contributed by atoms with Gasteiger partial charge in [-0.3, -0.25) is 0 Å². The Labute approximate surface area is 124 Å². The summed E-state index contributed by atoms with van der Waals surface area (Å²) >= 11 is 0. The van der Waals surface area contributed by atoms with Crippen LogP contribution in [-0.4, -0.2) is 9.78 Å². The van der Waals surface area contributed by atoms with Gasteiger partial charge in [0.05, 0.1) is 17.4 Å². The van der Waals surface area contributed by atoms with E-state index in [1.807, 2.05) is 29.2 Å². The number of aryl methyl sites for hydroxylation is 1. The Kier molecular flexibility index (Phi) is 2.96. The largest absolute Gasteiger partial charge is 0.376 e. The van der Waals surface area contributed by atoms with Crippen LogP contribution < -0.4 is 5.32 Å². The van der Waals surface area contributed by atoms with Crippen molar-refractivity contribution >= 4 is 5.69 Å². The summed E-state index contributed by atoms with van der Waals surface area (Å²) in [6, 6.07) is 19.4. The number of benzene rings is 2. The Morgan fingerprint density at radius 2 is 1.86 bits per heavy atom. The first-order valence-electron chi connectivity index (χ1n) is 7.35. The summed E-state index contributed by atoms with van der Waals surface area (Å²) in [5.74, 6) is 0. The highest BCUT2D eigenvalue weighted by Crippen LogP contribution is 2.34. The molecule has 1 unspecified atom stereocenters. The molecule has 1 aliphatic rings. The van der Waals surface area contributed by atoms with Crippen LogP contribution in [0.1, 0.15) is 23.6 Å². The lowest BCUT2D eigenvalue weighted by molar-refractivity contribution is 0.758. The molecule has 1 heterocycles. The molecule has 1 aromatic heterocycles. The van der Waals surface area contributed by atoms with Gasteiger partial charge in [0.25, 0.3) is 0 Å². The molecule has 0 spiro atoms. The van der Waals surface area contributed by atoms with Crippen LogP contribution in [0.5, 0.6) is 0 Å².